The van der Waals surface area contributed by atoms with Crippen LogP contribution in [0, 0.1) is 0 Å². The van der Waals surface area contributed by atoms with Crippen LogP contribution >= 0.6 is 0 Å². The van der Waals surface area contributed by atoms with Crippen molar-refractivity contribution in [1.82, 2.24) is 19.7 Å². The summed E-state index contributed by atoms with van der Waals surface area (Å²) in [5.74, 6) is 0.587. The van der Waals surface area contributed by atoms with Gasteiger partial charge >= 0.3 is 0 Å². The average molecular weight is 245 g/mol. The Kier molecular flexibility index (Phi) is 3.18. The van der Waals surface area contributed by atoms with Crippen LogP contribution in [0.5, 0.6) is 0 Å². The number of rotatable bonds is 3. The molecule has 2 aromatic rings. The first-order valence-electron chi connectivity index (χ1n) is 6.08. The van der Waals surface area contributed by atoms with Crippen molar-refractivity contribution in [2.24, 2.45) is 0 Å². The van der Waals surface area contributed by atoms with Gasteiger partial charge in [-0.3, -0.25) is 4.68 Å². The van der Waals surface area contributed by atoms with E-state index in [9.17, 15) is 0 Å². The molecule has 3 heterocycles. The van der Waals surface area contributed by atoms with Gasteiger partial charge in [0.2, 0.25) is 5.95 Å². The maximum absolute atomic E-state index is 5.35. The van der Waals surface area contributed by atoms with Crippen LogP contribution in [0.4, 0.5) is 11.6 Å². The van der Waals surface area contributed by atoms with E-state index in [0.29, 0.717) is 12.0 Å². The molecule has 0 spiro atoms. The minimum atomic E-state index is 0.436. The molecule has 0 aromatic carbocycles. The SMILES string of the molecule is c1cnc(Nc2cnn(C3CCOCC3)c2)nc1. The molecule has 0 atom stereocenters. The first-order valence-corrected chi connectivity index (χ1v) is 6.08. The van der Waals surface area contributed by atoms with Gasteiger partial charge in [-0.25, -0.2) is 9.97 Å². The maximum Gasteiger partial charge on any atom is 0.227 e. The Labute approximate surface area is 105 Å². The number of nitrogens with zero attached hydrogens (tertiary/aromatic N) is 4. The van der Waals surface area contributed by atoms with Crippen LogP contribution in [-0.2, 0) is 4.74 Å². The van der Waals surface area contributed by atoms with Crippen LogP contribution in [0.1, 0.15) is 18.9 Å². The molecule has 0 amide bonds. The number of hydrogen-bond donors (Lipinski definition) is 1. The summed E-state index contributed by atoms with van der Waals surface area (Å²) in [4.78, 5) is 8.23. The van der Waals surface area contributed by atoms with Crippen LogP contribution in [0.2, 0.25) is 0 Å². The monoisotopic (exact) mass is 245 g/mol. The zero-order valence-electron chi connectivity index (χ0n) is 9.99. The molecule has 0 bridgehead atoms. The summed E-state index contributed by atoms with van der Waals surface area (Å²) in [5, 5.41) is 7.51. The van der Waals surface area contributed by atoms with Crippen LogP contribution in [-0.4, -0.2) is 33.0 Å². The van der Waals surface area contributed by atoms with E-state index in [1.165, 1.54) is 0 Å². The van der Waals surface area contributed by atoms with Crippen molar-refractivity contribution in [2.75, 3.05) is 18.5 Å². The third kappa shape index (κ3) is 2.48. The molecule has 6 nitrogen and oxygen atoms in total. The smallest absolute Gasteiger partial charge is 0.227 e. The Bertz CT molecular complexity index is 492. The number of aromatic nitrogens is 4. The van der Waals surface area contributed by atoms with E-state index in [-0.39, 0.29) is 0 Å². The minimum Gasteiger partial charge on any atom is -0.381 e. The van der Waals surface area contributed by atoms with E-state index in [1.54, 1.807) is 24.7 Å². The second kappa shape index (κ2) is 5.14. The molecule has 0 aliphatic carbocycles. The highest BCUT2D eigenvalue weighted by molar-refractivity contribution is 5.49. The zero-order valence-corrected chi connectivity index (χ0v) is 9.99. The van der Waals surface area contributed by atoms with Gasteiger partial charge in [0.1, 0.15) is 0 Å². The quantitative estimate of drug-likeness (QED) is 0.892. The fourth-order valence-electron chi connectivity index (χ4n) is 2.04. The summed E-state index contributed by atoms with van der Waals surface area (Å²) in [5.41, 5.74) is 0.910. The standard InChI is InChI=1S/C12H15N5O/c1-4-13-12(14-5-1)16-10-8-15-17(9-10)11-2-6-18-7-3-11/h1,4-5,8-9,11H,2-3,6-7H2,(H,13,14,16). The van der Waals surface area contributed by atoms with Gasteiger partial charge < -0.3 is 10.1 Å². The lowest BCUT2D eigenvalue weighted by atomic mass is 10.1. The van der Waals surface area contributed by atoms with Gasteiger partial charge in [0.25, 0.3) is 0 Å². The van der Waals surface area contributed by atoms with Gasteiger partial charge in [0.05, 0.1) is 17.9 Å². The molecule has 6 heteroatoms. The Morgan fingerprint density at radius 3 is 2.78 bits per heavy atom. The third-order valence-corrected chi connectivity index (χ3v) is 2.99. The summed E-state index contributed by atoms with van der Waals surface area (Å²) >= 11 is 0. The number of anilines is 2. The fourth-order valence-corrected chi connectivity index (χ4v) is 2.04. The predicted molar refractivity (Wildman–Crippen MR) is 66.6 cm³/mol. The third-order valence-electron chi connectivity index (χ3n) is 2.99. The van der Waals surface area contributed by atoms with Gasteiger partial charge in [0, 0.05) is 31.8 Å². The van der Waals surface area contributed by atoms with Crippen molar-refractivity contribution in [3.8, 4) is 0 Å². The molecule has 18 heavy (non-hydrogen) atoms. The van der Waals surface area contributed by atoms with Gasteiger partial charge in [-0.15, -0.1) is 0 Å². The van der Waals surface area contributed by atoms with Crippen molar-refractivity contribution in [3.63, 3.8) is 0 Å². The lowest BCUT2D eigenvalue weighted by Gasteiger charge is -2.22. The minimum absolute atomic E-state index is 0.436. The van der Waals surface area contributed by atoms with Crippen molar-refractivity contribution in [1.29, 1.82) is 0 Å². The molecule has 1 aliphatic heterocycles. The fraction of sp³-hybridized carbons (Fsp3) is 0.417. The van der Waals surface area contributed by atoms with Crippen molar-refractivity contribution in [2.45, 2.75) is 18.9 Å². The van der Waals surface area contributed by atoms with Crippen molar-refractivity contribution < 1.29 is 4.74 Å². The molecule has 1 fully saturated rings. The number of hydrogen-bond acceptors (Lipinski definition) is 5. The van der Waals surface area contributed by atoms with E-state index in [1.807, 2.05) is 10.9 Å². The number of nitrogens with one attached hydrogen (secondary N) is 1. The van der Waals surface area contributed by atoms with Gasteiger partial charge in [-0.1, -0.05) is 0 Å². The van der Waals surface area contributed by atoms with Crippen LogP contribution in [0.25, 0.3) is 0 Å². The highest BCUT2D eigenvalue weighted by atomic mass is 16.5. The zero-order chi connectivity index (χ0) is 12.2. The first-order chi connectivity index (χ1) is 8.92. The normalized spacial score (nSPS) is 16.7. The molecule has 94 valence electrons. The van der Waals surface area contributed by atoms with Crippen LogP contribution < -0.4 is 5.32 Å². The average Bonchev–Trinajstić information content (AvgIpc) is 2.89. The summed E-state index contributed by atoms with van der Waals surface area (Å²) in [6.07, 6.45) is 9.24. The Morgan fingerprint density at radius 2 is 2.00 bits per heavy atom. The molecule has 2 aromatic heterocycles. The second-order valence-electron chi connectivity index (χ2n) is 4.25. The summed E-state index contributed by atoms with van der Waals surface area (Å²) in [7, 11) is 0. The van der Waals surface area contributed by atoms with Crippen LogP contribution in [0.3, 0.4) is 0 Å². The Morgan fingerprint density at radius 1 is 1.22 bits per heavy atom. The molecule has 1 N–H and O–H groups in total. The molecule has 0 unspecified atom stereocenters. The molecular weight excluding hydrogens is 230 g/mol. The molecule has 0 radical (unpaired) electrons. The molecule has 0 saturated carbocycles. The Balaban J connectivity index is 1.69. The van der Waals surface area contributed by atoms with E-state index in [0.717, 1.165) is 31.7 Å². The summed E-state index contributed by atoms with van der Waals surface area (Å²) in [6, 6.07) is 2.22. The largest absolute Gasteiger partial charge is 0.381 e. The lowest BCUT2D eigenvalue weighted by Crippen LogP contribution is -2.19. The van der Waals surface area contributed by atoms with E-state index in [2.05, 4.69) is 20.4 Å². The van der Waals surface area contributed by atoms with Crippen LogP contribution in [0.15, 0.2) is 30.9 Å². The first kappa shape index (κ1) is 11.2. The molecular formula is C12H15N5O. The van der Waals surface area contributed by atoms with Gasteiger partial charge in [-0.2, -0.15) is 5.10 Å². The lowest BCUT2D eigenvalue weighted by molar-refractivity contribution is 0.0662. The molecule has 3 rings (SSSR count). The molecule has 1 aliphatic rings. The highest BCUT2D eigenvalue weighted by Crippen LogP contribution is 2.22. The van der Waals surface area contributed by atoms with Gasteiger partial charge in [-0.05, 0) is 18.9 Å². The van der Waals surface area contributed by atoms with Crippen molar-refractivity contribution >= 4 is 11.6 Å². The van der Waals surface area contributed by atoms with Gasteiger partial charge in [0.15, 0.2) is 0 Å². The topological polar surface area (TPSA) is 64.9 Å². The van der Waals surface area contributed by atoms with E-state index in [4.69, 9.17) is 4.74 Å². The Hall–Kier alpha value is -1.95. The summed E-state index contributed by atoms with van der Waals surface area (Å²) < 4.78 is 7.34. The molecule has 1 saturated heterocycles. The maximum atomic E-state index is 5.35. The van der Waals surface area contributed by atoms with Crippen molar-refractivity contribution in [3.05, 3.63) is 30.9 Å². The van der Waals surface area contributed by atoms with E-state index < -0.39 is 0 Å². The highest BCUT2D eigenvalue weighted by Gasteiger charge is 2.16. The summed E-state index contributed by atoms with van der Waals surface area (Å²) in [6.45, 7) is 1.63. The van der Waals surface area contributed by atoms with E-state index >= 15 is 0 Å². The predicted octanol–water partition coefficient (Wildman–Crippen LogP) is 1.77. The second-order valence-corrected chi connectivity index (χ2v) is 4.25. The number of ether oxygens (including phenoxy) is 1.